The van der Waals surface area contributed by atoms with Gasteiger partial charge in [-0.1, -0.05) is 30.0 Å². The summed E-state index contributed by atoms with van der Waals surface area (Å²) in [5.74, 6) is -0.249. The second-order valence-electron chi connectivity index (χ2n) is 6.97. The molecule has 0 saturated carbocycles. The minimum Gasteiger partial charge on any atom is -0.325 e. The Labute approximate surface area is 170 Å². The highest BCUT2D eigenvalue weighted by molar-refractivity contribution is 8.15. The number of benzene rings is 2. The number of amidine groups is 1. The van der Waals surface area contributed by atoms with E-state index in [2.05, 4.69) is 17.2 Å². The summed E-state index contributed by atoms with van der Waals surface area (Å²) >= 11 is 1.35. The maximum atomic E-state index is 12.8. The van der Waals surface area contributed by atoms with Crippen molar-refractivity contribution in [3.8, 4) is 0 Å². The highest BCUT2D eigenvalue weighted by Gasteiger charge is 2.35. The second-order valence-corrected chi connectivity index (χ2v) is 8.14. The molecular formula is C22H25N3O2S. The number of anilines is 1. The number of thioether (sulfide) groups is 1. The molecule has 2 aromatic carbocycles. The highest BCUT2D eigenvalue weighted by atomic mass is 32.2. The van der Waals surface area contributed by atoms with Gasteiger partial charge in [0.05, 0.1) is 5.69 Å². The molecule has 28 heavy (non-hydrogen) atoms. The van der Waals surface area contributed by atoms with Crippen LogP contribution in [-0.4, -0.2) is 33.7 Å². The van der Waals surface area contributed by atoms with E-state index >= 15 is 0 Å². The molecule has 1 unspecified atom stereocenters. The molecule has 3 rings (SSSR count). The van der Waals surface area contributed by atoms with E-state index in [4.69, 9.17) is 0 Å². The number of hydrogen-bond acceptors (Lipinski definition) is 4. The lowest BCUT2D eigenvalue weighted by atomic mass is 10.1. The number of nitrogens with zero attached hydrogens (tertiary/aromatic N) is 2. The summed E-state index contributed by atoms with van der Waals surface area (Å²) in [6, 6.07) is 13.6. The van der Waals surface area contributed by atoms with E-state index in [-0.39, 0.29) is 18.2 Å². The topological polar surface area (TPSA) is 61.8 Å². The van der Waals surface area contributed by atoms with Gasteiger partial charge in [0.2, 0.25) is 11.8 Å². The van der Waals surface area contributed by atoms with Gasteiger partial charge in [-0.15, -0.1) is 0 Å². The zero-order valence-corrected chi connectivity index (χ0v) is 17.5. The van der Waals surface area contributed by atoms with Gasteiger partial charge in [-0.25, -0.2) is 4.99 Å². The normalized spacial score (nSPS) is 18.4. The second kappa shape index (κ2) is 8.61. The standard InChI is InChI=1S/C22H25N3O2S/c1-5-25-20(26)13-19(21(27)23-17-8-6-7-14(2)11-17)28-22(25)24-18-10-9-15(3)16(4)12-18/h6-12,19H,5,13H2,1-4H3,(H,23,27). The van der Waals surface area contributed by atoms with Crippen molar-refractivity contribution in [2.24, 2.45) is 4.99 Å². The Balaban J connectivity index is 1.83. The lowest BCUT2D eigenvalue weighted by Crippen LogP contribution is -2.45. The molecule has 0 aliphatic carbocycles. The van der Waals surface area contributed by atoms with Crippen molar-refractivity contribution in [3.63, 3.8) is 0 Å². The van der Waals surface area contributed by atoms with Crippen molar-refractivity contribution in [1.29, 1.82) is 0 Å². The summed E-state index contributed by atoms with van der Waals surface area (Å²) in [6.45, 7) is 8.51. The SMILES string of the molecule is CCN1C(=O)CC(C(=O)Nc2cccc(C)c2)SC1=Nc1ccc(C)c(C)c1. The fourth-order valence-corrected chi connectivity index (χ4v) is 4.17. The van der Waals surface area contributed by atoms with Crippen LogP contribution in [0.3, 0.4) is 0 Å². The van der Waals surface area contributed by atoms with Gasteiger partial charge in [0.25, 0.3) is 0 Å². The van der Waals surface area contributed by atoms with Gasteiger partial charge in [-0.05, 0) is 68.7 Å². The first-order valence-corrected chi connectivity index (χ1v) is 10.3. The molecule has 1 saturated heterocycles. The van der Waals surface area contributed by atoms with Gasteiger partial charge in [0.1, 0.15) is 5.25 Å². The fourth-order valence-electron chi connectivity index (χ4n) is 3.00. The average molecular weight is 396 g/mol. The van der Waals surface area contributed by atoms with Gasteiger partial charge >= 0.3 is 0 Å². The number of carbonyl (C=O) groups is 2. The number of amides is 2. The first-order chi connectivity index (χ1) is 13.4. The molecule has 2 aromatic rings. The lowest BCUT2D eigenvalue weighted by Gasteiger charge is -2.31. The minimum absolute atomic E-state index is 0.0757. The number of aryl methyl sites for hydroxylation is 3. The third-order valence-corrected chi connectivity index (χ3v) is 5.94. The maximum absolute atomic E-state index is 12.8. The number of hydrogen-bond donors (Lipinski definition) is 1. The molecule has 2 amide bonds. The first kappa shape index (κ1) is 20.1. The smallest absolute Gasteiger partial charge is 0.238 e. The van der Waals surface area contributed by atoms with Gasteiger partial charge in [-0.3, -0.25) is 14.5 Å². The van der Waals surface area contributed by atoms with E-state index in [1.54, 1.807) is 4.90 Å². The highest BCUT2D eigenvalue weighted by Crippen LogP contribution is 2.30. The average Bonchev–Trinajstić information content (AvgIpc) is 2.64. The van der Waals surface area contributed by atoms with Crippen LogP contribution in [0, 0.1) is 20.8 Å². The largest absolute Gasteiger partial charge is 0.325 e. The fraction of sp³-hybridized carbons (Fsp3) is 0.318. The number of rotatable bonds is 4. The van der Waals surface area contributed by atoms with Gasteiger partial charge in [-0.2, -0.15) is 0 Å². The maximum Gasteiger partial charge on any atom is 0.238 e. The Morgan fingerprint density at radius 2 is 1.96 bits per heavy atom. The predicted octanol–water partition coefficient (Wildman–Crippen LogP) is 4.59. The molecule has 1 aliphatic rings. The van der Waals surface area contributed by atoms with Crippen molar-refractivity contribution >= 4 is 40.1 Å². The van der Waals surface area contributed by atoms with Crippen LogP contribution in [0.15, 0.2) is 47.5 Å². The Bertz CT molecular complexity index is 939. The van der Waals surface area contributed by atoms with E-state index in [9.17, 15) is 9.59 Å². The van der Waals surface area contributed by atoms with Crippen molar-refractivity contribution in [2.45, 2.75) is 39.4 Å². The Morgan fingerprint density at radius 3 is 2.64 bits per heavy atom. The van der Waals surface area contributed by atoms with E-state index in [0.717, 1.165) is 22.5 Å². The molecule has 1 N–H and O–H groups in total. The monoisotopic (exact) mass is 395 g/mol. The van der Waals surface area contributed by atoms with Crippen molar-refractivity contribution in [1.82, 2.24) is 4.90 Å². The van der Waals surface area contributed by atoms with Crippen LogP contribution in [0.4, 0.5) is 11.4 Å². The van der Waals surface area contributed by atoms with E-state index < -0.39 is 5.25 Å². The van der Waals surface area contributed by atoms with Crippen molar-refractivity contribution in [2.75, 3.05) is 11.9 Å². The number of aliphatic imine (C=N–C) groups is 1. The van der Waals surface area contributed by atoms with E-state index in [0.29, 0.717) is 11.7 Å². The van der Waals surface area contributed by atoms with Crippen LogP contribution >= 0.6 is 11.8 Å². The summed E-state index contributed by atoms with van der Waals surface area (Å²) in [7, 11) is 0. The van der Waals surface area contributed by atoms with Crippen LogP contribution in [0.1, 0.15) is 30.0 Å². The molecule has 1 heterocycles. The molecule has 146 valence electrons. The number of nitrogens with one attached hydrogen (secondary N) is 1. The molecule has 0 radical (unpaired) electrons. The third kappa shape index (κ3) is 4.62. The molecule has 5 nitrogen and oxygen atoms in total. The summed E-state index contributed by atoms with van der Waals surface area (Å²) < 4.78 is 0. The molecule has 0 spiro atoms. The van der Waals surface area contributed by atoms with Crippen LogP contribution in [0.5, 0.6) is 0 Å². The zero-order chi connectivity index (χ0) is 20.3. The van der Waals surface area contributed by atoms with Crippen molar-refractivity contribution < 1.29 is 9.59 Å². The molecule has 1 atom stereocenters. The van der Waals surface area contributed by atoms with Crippen LogP contribution < -0.4 is 5.32 Å². The zero-order valence-electron chi connectivity index (χ0n) is 16.7. The first-order valence-electron chi connectivity index (χ1n) is 9.38. The van der Waals surface area contributed by atoms with Crippen molar-refractivity contribution in [3.05, 3.63) is 59.2 Å². The summed E-state index contributed by atoms with van der Waals surface area (Å²) in [6.07, 6.45) is 0.169. The quantitative estimate of drug-likeness (QED) is 0.823. The Hall–Kier alpha value is -2.60. The van der Waals surface area contributed by atoms with Crippen LogP contribution in [-0.2, 0) is 9.59 Å². The van der Waals surface area contributed by atoms with E-state index in [1.165, 1.54) is 17.3 Å². The van der Waals surface area contributed by atoms with E-state index in [1.807, 2.05) is 63.2 Å². The summed E-state index contributed by atoms with van der Waals surface area (Å²) in [5, 5.41) is 3.00. The van der Waals surface area contributed by atoms with Gasteiger partial charge in [0, 0.05) is 18.7 Å². The Morgan fingerprint density at radius 1 is 1.18 bits per heavy atom. The molecule has 1 fully saturated rings. The van der Waals surface area contributed by atoms with Gasteiger partial charge < -0.3 is 5.32 Å². The Kier molecular flexibility index (Phi) is 6.19. The number of carbonyl (C=O) groups excluding carboxylic acids is 2. The molecule has 6 heteroatoms. The molecular weight excluding hydrogens is 370 g/mol. The van der Waals surface area contributed by atoms with Crippen LogP contribution in [0.2, 0.25) is 0 Å². The third-order valence-electron chi connectivity index (χ3n) is 4.75. The predicted molar refractivity (Wildman–Crippen MR) is 116 cm³/mol. The minimum atomic E-state index is -0.499. The molecule has 1 aliphatic heterocycles. The van der Waals surface area contributed by atoms with Gasteiger partial charge in [0.15, 0.2) is 5.17 Å². The summed E-state index contributed by atoms with van der Waals surface area (Å²) in [4.78, 5) is 31.7. The van der Waals surface area contributed by atoms with Crippen LogP contribution in [0.25, 0.3) is 0 Å². The molecule has 0 bridgehead atoms. The molecule has 0 aromatic heterocycles. The lowest BCUT2D eigenvalue weighted by molar-refractivity contribution is -0.129. The summed E-state index contributed by atoms with van der Waals surface area (Å²) in [5.41, 5.74) is 4.93.